The number of ether oxygens (including phenoxy) is 1. The Morgan fingerprint density at radius 2 is 2.29 bits per heavy atom. The smallest absolute Gasteiger partial charge is 0.341 e. The van der Waals surface area contributed by atoms with Crippen LogP contribution in [0.3, 0.4) is 0 Å². The van der Waals surface area contributed by atoms with Crippen LogP contribution in [0.5, 0.6) is 5.75 Å². The SMILES string of the molecule is CC1COc2c(-n3ccnc3)c(F)cc3c(=O)c(C(=O)O)cn1c23. The molecule has 4 rings (SSSR count). The zero-order chi connectivity index (χ0) is 17.0. The second-order valence-corrected chi connectivity index (χ2v) is 5.65. The highest BCUT2D eigenvalue weighted by Gasteiger charge is 2.28. The van der Waals surface area contributed by atoms with E-state index in [4.69, 9.17) is 4.74 Å². The lowest BCUT2D eigenvalue weighted by molar-refractivity contribution is 0.0694. The standard InChI is InChI=1S/C16H12FN3O4/c1-8-6-24-15-12-9(14(21)10(16(22)23)5-20(8)12)4-11(17)13(15)19-3-2-18-7-19/h2-5,7-8H,6H2,1H3,(H,22,23). The van der Waals surface area contributed by atoms with Crippen LogP contribution in [0.4, 0.5) is 4.39 Å². The molecule has 0 saturated carbocycles. The lowest BCUT2D eigenvalue weighted by Gasteiger charge is -2.28. The first-order valence-corrected chi connectivity index (χ1v) is 7.25. The van der Waals surface area contributed by atoms with Crippen LogP contribution in [0.2, 0.25) is 0 Å². The molecule has 0 fully saturated rings. The van der Waals surface area contributed by atoms with Gasteiger partial charge in [0, 0.05) is 18.6 Å². The van der Waals surface area contributed by atoms with Gasteiger partial charge in [-0.15, -0.1) is 0 Å². The van der Waals surface area contributed by atoms with Crippen LogP contribution in [0.1, 0.15) is 23.3 Å². The molecule has 0 aliphatic carbocycles. The molecule has 2 aromatic heterocycles. The van der Waals surface area contributed by atoms with Gasteiger partial charge in [-0.1, -0.05) is 0 Å². The van der Waals surface area contributed by atoms with E-state index in [1.54, 1.807) is 10.8 Å². The summed E-state index contributed by atoms with van der Waals surface area (Å²) in [6.45, 7) is 2.06. The van der Waals surface area contributed by atoms with Crippen molar-refractivity contribution in [1.29, 1.82) is 0 Å². The predicted octanol–water partition coefficient (Wildman–Crippen LogP) is 1.98. The van der Waals surface area contributed by atoms with Crippen LogP contribution in [0.15, 0.2) is 35.8 Å². The number of nitrogens with zero attached hydrogens (tertiary/aromatic N) is 3. The molecule has 7 nitrogen and oxygen atoms in total. The number of aromatic carboxylic acids is 1. The second-order valence-electron chi connectivity index (χ2n) is 5.65. The van der Waals surface area contributed by atoms with Gasteiger partial charge in [-0.25, -0.2) is 14.2 Å². The fourth-order valence-electron chi connectivity index (χ4n) is 3.00. The third-order valence-electron chi connectivity index (χ3n) is 4.13. The first-order chi connectivity index (χ1) is 11.5. The lowest BCUT2D eigenvalue weighted by Crippen LogP contribution is -2.27. The van der Waals surface area contributed by atoms with E-state index in [0.717, 1.165) is 6.07 Å². The molecule has 122 valence electrons. The summed E-state index contributed by atoms with van der Waals surface area (Å²) < 4.78 is 23.5. The van der Waals surface area contributed by atoms with Gasteiger partial charge in [0.15, 0.2) is 11.6 Å². The molecule has 0 radical (unpaired) electrons. The molecule has 0 amide bonds. The van der Waals surface area contributed by atoms with E-state index in [-0.39, 0.29) is 29.5 Å². The monoisotopic (exact) mass is 329 g/mol. The third kappa shape index (κ3) is 1.86. The van der Waals surface area contributed by atoms with Crippen molar-refractivity contribution < 1.29 is 19.0 Å². The van der Waals surface area contributed by atoms with Gasteiger partial charge in [0.1, 0.15) is 17.9 Å². The van der Waals surface area contributed by atoms with E-state index in [0.29, 0.717) is 5.52 Å². The summed E-state index contributed by atoms with van der Waals surface area (Å²) in [5.41, 5.74) is -0.599. The molecule has 3 aromatic rings. The molecule has 0 spiro atoms. The fourth-order valence-corrected chi connectivity index (χ4v) is 3.00. The Morgan fingerprint density at radius 1 is 1.50 bits per heavy atom. The summed E-state index contributed by atoms with van der Waals surface area (Å²) in [6.07, 6.45) is 5.79. The van der Waals surface area contributed by atoms with Crippen molar-refractivity contribution in [3.05, 3.63) is 52.6 Å². The van der Waals surface area contributed by atoms with Gasteiger partial charge in [-0.2, -0.15) is 0 Å². The average Bonchev–Trinajstić information content (AvgIpc) is 3.06. The maximum absolute atomic E-state index is 14.7. The van der Waals surface area contributed by atoms with Gasteiger partial charge in [-0.05, 0) is 13.0 Å². The maximum Gasteiger partial charge on any atom is 0.341 e. The zero-order valence-electron chi connectivity index (χ0n) is 12.6. The van der Waals surface area contributed by atoms with Gasteiger partial charge < -0.3 is 19.0 Å². The number of imidazole rings is 1. The second kappa shape index (κ2) is 4.92. The van der Waals surface area contributed by atoms with Crippen molar-refractivity contribution >= 4 is 16.9 Å². The van der Waals surface area contributed by atoms with Gasteiger partial charge in [0.25, 0.3) is 0 Å². The van der Waals surface area contributed by atoms with Crippen molar-refractivity contribution in [1.82, 2.24) is 14.1 Å². The largest absolute Gasteiger partial charge is 0.487 e. The summed E-state index contributed by atoms with van der Waals surface area (Å²) in [5, 5.41) is 9.23. The number of aromatic nitrogens is 3. The van der Waals surface area contributed by atoms with Crippen molar-refractivity contribution in [2.24, 2.45) is 0 Å². The highest BCUT2D eigenvalue weighted by atomic mass is 19.1. The zero-order valence-corrected chi connectivity index (χ0v) is 12.6. The Labute approximate surface area is 134 Å². The number of pyridine rings is 1. The molecule has 1 N–H and O–H groups in total. The minimum absolute atomic E-state index is 0.0159. The normalized spacial score (nSPS) is 16.2. The number of benzene rings is 1. The van der Waals surface area contributed by atoms with E-state index < -0.39 is 22.8 Å². The van der Waals surface area contributed by atoms with Crippen LogP contribution >= 0.6 is 0 Å². The topological polar surface area (TPSA) is 86.3 Å². The molecule has 24 heavy (non-hydrogen) atoms. The number of hydrogen-bond donors (Lipinski definition) is 1. The number of carboxylic acid groups (broad SMARTS) is 1. The predicted molar refractivity (Wildman–Crippen MR) is 82.5 cm³/mol. The molecule has 1 atom stereocenters. The fraction of sp³-hybridized carbons (Fsp3) is 0.188. The van der Waals surface area contributed by atoms with Gasteiger partial charge in [-0.3, -0.25) is 4.79 Å². The van der Waals surface area contributed by atoms with Gasteiger partial charge in [0.2, 0.25) is 5.43 Å². The Hall–Kier alpha value is -3.16. The van der Waals surface area contributed by atoms with Crippen LogP contribution in [-0.2, 0) is 0 Å². The van der Waals surface area contributed by atoms with E-state index in [9.17, 15) is 19.1 Å². The minimum atomic E-state index is -1.34. The van der Waals surface area contributed by atoms with E-state index in [1.807, 2.05) is 6.92 Å². The number of carboxylic acids is 1. The van der Waals surface area contributed by atoms with Crippen LogP contribution < -0.4 is 10.2 Å². The Kier molecular flexibility index (Phi) is 2.96. The Bertz CT molecular complexity index is 1040. The highest BCUT2D eigenvalue weighted by molar-refractivity contribution is 5.96. The summed E-state index contributed by atoms with van der Waals surface area (Å²) >= 11 is 0. The van der Waals surface area contributed by atoms with E-state index in [1.165, 1.54) is 23.3 Å². The first kappa shape index (κ1) is 14.4. The minimum Gasteiger partial charge on any atom is -0.487 e. The molecular formula is C16H12FN3O4. The lowest BCUT2D eigenvalue weighted by atomic mass is 10.1. The summed E-state index contributed by atoms with van der Waals surface area (Å²) in [7, 11) is 0. The summed E-state index contributed by atoms with van der Waals surface area (Å²) in [5.74, 6) is -1.82. The van der Waals surface area contributed by atoms with Crippen LogP contribution in [0.25, 0.3) is 16.6 Å². The molecule has 1 aliphatic heterocycles. The Balaban J connectivity index is 2.20. The van der Waals surface area contributed by atoms with Crippen molar-refractivity contribution in [2.45, 2.75) is 13.0 Å². The molecule has 0 saturated heterocycles. The quantitative estimate of drug-likeness (QED) is 0.777. The van der Waals surface area contributed by atoms with Gasteiger partial charge in [0.05, 0.1) is 23.3 Å². The highest BCUT2D eigenvalue weighted by Crippen LogP contribution is 2.38. The van der Waals surface area contributed by atoms with E-state index >= 15 is 0 Å². The van der Waals surface area contributed by atoms with Crippen LogP contribution in [0, 0.1) is 5.82 Å². The van der Waals surface area contributed by atoms with Crippen molar-refractivity contribution in [2.75, 3.05) is 6.61 Å². The van der Waals surface area contributed by atoms with Gasteiger partial charge >= 0.3 is 5.97 Å². The number of hydrogen-bond acceptors (Lipinski definition) is 4. The first-order valence-electron chi connectivity index (χ1n) is 7.25. The number of rotatable bonds is 2. The maximum atomic E-state index is 14.7. The molecular weight excluding hydrogens is 317 g/mol. The molecule has 0 bridgehead atoms. The summed E-state index contributed by atoms with van der Waals surface area (Å²) in [4.78, 5) is 27.7. The average molecular weight is 329 g/mol. The van der Waals surface area contributed by atoms with E-state index in [2.05, 4.69) is 4.98 Å². The molecule has 8 heteroatoms. The molecule has 1 unspecified atom stereocenters. The number of halogens is 1. The summed E-state index contributed by atoms with van der Waals surface area (Å²) in [6, 6.07) is 0.862. The third-order valence-corrected chi connectivity index (χ3v) is 4.13. The Morgan fingerprint density at radius 3 is 2.96 bits per heavy atom. The molecule has 3 heterocycles. The number of carbonyl (C=O) groups is 1. The molecule has 1 aliphatic rings. The van der Waals surface area contributed by atoms with Crippen molar-refractivity contribution in [3.63, 3.8) is 0 Å². The molecule has 1 aromatic carbocycles. The van der Waals surface area contributed by atoms with Crippen molar-refractivity contribution in [3.8, 4) is 11.4 Å². The van der Waals surface area contributed by atoms with Crippen LogP contribution in [-0.4, -0.2) is 31.8 Å².